The number of rotatable bonds is 4. The fourth-order valence-corrected chi connectivity index (χ4v) is 1.72. The number of hydrogen-bond donors (Lipinski definition) is 0. The molecule has 0 saturated carbocycles. The highest BCUT2D eigenvalue weighted by atomic mass is 16.5. The van der Waals surface area contributed by atoms with Crippen LogP contribution in [0.3, 0.4) is 0 Å². The Kier molecular flexibility index (Phi) is 5.45. The van der Waals surface area contributed by atoms with Crippen LogP contribution in [0.25, 0.3) is 5.70 Å². The highest BCUT2D eigenvalue weighted by molar-refractivity contribution is 5.89. The van der Waals surface area contributed by atoms with Gasteiger partial charge < -0.3 is 4.74 Å². The smallest absolute Gasteiger partial charge is 0.153 e. The van der Waals surface area contributed by atoms with E-state index in [-0.39, 0.29) is 5.54 Å². The molecule has 23 heavy (non-hydrogen) atoms. The molecule has 2 rings (SSSR count). The van der Waals surface area contributed by atoms with Crippen LogP contribution in [0.15, 0.2) is 69.8 Å². The second-order valence-corrected chi connectivity index (χ2v) is 6.01. The summed E-state index contributed by atoms with van der Waals surface area (Å²) in [5, 5.41) is 8.59. The van der Waals surface area contributed by atoms with Crippen LogP contribution < -0.4 is 4.74 Å². The number of ether oxygens (including phenoxy) is 1. The fraction of sp³-hybridized carbons (Fsp3) is 0.263. The molecule has 0 bridgehead atoms. The molecule has 0 unspecified atom stereocenters. The van der Waals surface area contributed by atoms with Gasteiger partial charge >= 0.3 is 0 Å². The van der Waals surface area contributed by atoms with E-state index < -0.39 is 0 Å². The van der Waals surface area contributed by atoms with Crippen molar-refractivity contribution in [3.05, 3.63) is 60.2 Å². The number of azo groups is 1. The van der Waals surface area contributed by atoms with Crippen LogP contribution in [0.4, 0.5) is 5.69 Å². The van der Waals surface area contributed by atoms with E-state index in [1.165, 1.54) is 0 Å². The third kappa shape index (κ3) is 5.53. The van der Waals surface area contributed by atoms with Crippen molar-refractivity contribution in [1.29, 1.82) is 0 Å². The van der Waals surface area contributed by atoms with Gasteiger partial charge in [0, 0.05) is 11.4 Å². The first-order valence-corrected chi connectivity index (χ1v) is 7.44. The quantitative estimate of drug-likeness (QED) is 0.559. The zero-order chi connectivity index (χ0) is 16.7. The summed E-state index contributed by atoms with van der Waals surface area (Å²) in [6.07, 6.45) is 0. The molecule has 0 aliphatic heterocycles. The van der Waals surface area contributed by atoms with Gasteiger partial charge in [0.1, 0.15) is 5.75 Å². The van der Waals surface area contributed by atoms with Gasteiger partial charge in [0.15, 0.2) is 5.70 Å². The zero-order valence-corrected chi connectivity index (χ0v) is 13.9. The van der Waals surface area contributed by atoms with Gasteiger partial charge in [-0.1, -0.05) is 30.3 Å². The lowest BCUT2D eigenvalue weighted by Crippen LogP contribution is -2.08. The second kappa shape index (κ2) is 7.52. The summed E-state index contributed by atoms with van der Waals surface area (Å²) >= 11 is 0. The molecule has 4 nitrogen and oxygen atoms in total. The summed E-state index contributed by atoms with van der Waals surface area (Å²) < 4.78 is 5.14. The number of methoxy groups -OCH3 is 1. The molecule has 0 radical (unpaired) electrons. The standard InChI is InChI=1S/C19H21N3O/c1-19(2,3)20-14-18(15-8-6-5-7-9-15)22-21-16-10-12-17(23-4)13-11-16/h5-13H,1-4H3. The van der Waals surface area contributed by atoms with Crippen LogP contribution in [-0.4, -0.2) is 18.5 Å². The van der Waals surface area contributed by atoms with Gasteiger partial charge in [0.25, 0.3) is 0 Å². The predicted molar refractivity (Wildman–Crippen MR) is 94.5 cm³/mol. The van der Waals surface area contributed by atoms with Crippen molar-refractivity contribution in [3.8, 4) is 5.75 Å². The van der Waals surface area contributed by atoms with Gasteiger partial charge in [-0.15, -0.1) is 10.2 Å². The summed E-state index contributed by atoms with van der Waals surface area (Å²) in [4.78, 5) is 4.41. The minimum Gasteiger partial charge on any atom is -0.497 e. The Morgan fingerprint density at radius 2 is 1.61 bits per heavy atom. The molecule has 0 fully saturated rings. The maximum atomic E-state index is 5.14. The maximum Gasteiger partial charge on any atom is 0.153 e. The number of nitrogens with zero attached hydrogens (tertiary/aromatic N) is 3. The van der Waals surface area contributed by atoms with Crippen LogP contribution in [0.5, 0.6) is 5.75 Å². The SMILES string of the molecule is COc1ccc(N=NC(=C=NC(C)(C)C)c2ccccc2)cc1. The van der Waals surface area contributed by atoms with Gasteiger partial charge in [-0.05, 0) is 45.0 Å². The van der Waals surface area contributed by atoms with Gasteiger partial charge in [-0.3, -0.25) is 0 Å². The lowest BCUT2D eigenvalue weighted by atomic mass is 10.1. The van der Waals surface area contributed by atoms with E-state index in [0.717, 1.165) is 17.0 Å². The molecular weight excluding hydrogens is 286 g/mol. The van der Waals surface area contributed by atoms with Crippen molar-refractivity contribution in [3.63, 3.8) is 0 Å². The van der Waals surface area contributed by atoms with Crippen molar-refractivity contribution in [2.75, 3.05) is 7.11 Å². The Bertz CT molecular complexity index is 719. The lowest BCUT2D eigenvalue weighted by molar-refractivity contribution is 0.415. The van der Waals surface area contributed by atoms with Crippen LogP contribution in [0, 0.1) is 0 Å². The molecule has 0 aliphatic carbocycles. The van der Waals surface area contributed by atoms with E-state index in [9.17, 15) is 0 Å². The van der Waals surface area contributed by atoms with E-state index >= 15 is 0 Å². The lowest BCUT2D eigenvalue weighted by Gasteiger charge is -2.08. The van der Waals surface area contributed by atoms with Crippen LogP contribution in [-0.2, 0) is 0 Å². The first-order chi connectivity index (χ1) is 11.0. The summed E-state index contributed by atoms with van der Waals surface area (Å²) in [5.74, 6) is 3.81. The highest BCUT2D eigenvalue weighted by Gasteiger charge is 2.06. The molecule has 0 aromatic heterocycles. The number of benzene rings is 2. The average molecular weight is 307 g/mol. The fourth-order valence-electron chi connectivity index (χ4n) is 1.72. The Morgan fingerprint density at radius 1 is 0.957 bits per heavy atom. The highest BCUT2D eigenvalue weighted by Crippen LogP contribution is 2.21. The van der Waals surface area contributed by atoms with E-state index in [4.69, 9.17) is 4.74 Å². The topological polar surface area (TPSA) is 46.3 Å². The number of aliphatic imine (C=N–C) groups is 1. The summed E-state index contributed by atoms with van der Waals surface area (Å²) in [6, 6.07) is 17.2. The van der Waals surface area contributed by atoms with E-state index in [1.54, 1.807) is 7.11 Å². The molecule has 118 valence electrons. The van der Waals surface area contributed by atoms with Crippen molar-refractivity contribution in [2.24, 2.45) is 15.2 Å². The van der Waals surface area contributed by atoms with Crippen molar-refractivity contribution >= 4 is 17.3 Å². The minimum absolute atomic E-state index is 0.213. The first-order valence-electron chi connectivity index (χ1n) is 7.44. The normalized spacial score (nSPS) is 11.1. The van der Waals surface area contributed by atoms with Gasteiger partial charge in [0.05, 0.1) is 18.3 Å². The second-order valence-electron chi connectivity index (χ2n) is 6.01. The van der Waals surface area contributed by atoms with Crippen molar-refractivity contribution in [2.45, 2.75) is 26.3 Å². The Balaban J connectivity index is 2.34. The predicted octanol–water partition coefficient (Wildman–Crippen LogP) is 5.29. The van der Waals surface area contributed by atoms with Crippen LogP contribution >= 0.6 is 0 Å². The molecule has 0 aliphatic rings. The van der Waals surface area contributed by atoms with Crippen LogP contribution in [0.2, 0.25) is 0 Å². The molecule has 0 N–H and O–H groups in total. The summed E-state index contributed by atoms with van der Waals surface area (Å²) in [5.41, 5.74) is 2.07. The average Bonchev–Trinajstić information content (AvgIpc) is 2.55. The third-order valence-electron chi connectivity index (χ3n) is 2.88. The molecule has 0 spiro atoms. The van der Waals surface area contributed by atoms with Gasteiger partial charge in [-0.25, -0.2) is 4.99 Å². The Hall–Kier alpha value is -2.71. The molecule has 2 aromatic rings. The van der Waals surface area contributed by atoms with E-state index in [0.29, 0.717) is 5.70 Å². The van der Waals surface area contributed by atoms with Crippen LogP contribution in [0.1, 0.15) is 26.3 Å². The Labute approximate surface area is 137 Å². The molecule has 0 heterocycles. The number of hydrogen-bond acceptors (Lipinski definition) is 4. The Morgan fingerprint density at radius 3 is 2.17 bits per heavy atom. The van der Waals surface area contributed by atoms with E-state index in [2.05, 4.69) is 21.1 Å². The summed E-state index contributed by atoms with van der Waals surface area (Å²) in [7, 11) is 1.63. The molecule has 0 atom stereocenters. The molecular formula is C19H21N3O. The molecule has 2 aromatic carbocycles. The van der Waals surface area contributed by atoms with Gasteiger partial charge in [0.2, 0.25) is 0 Å². The monoisotopic (exact) mass is 307 g/mol. The largest absolute Gasteiger partial charge is 0.497 e. The summed E-state index contributed by atoms with van der Waals surface area (Å²) in [6.45, 7) is 6.05. The zero-order valence-electron chi connectivity index (χ0n) is 13.9. The maximum absolute atomic E-state index is 5.14. The van der Waals surface area contributed by atoms with Gasteiger partial charge in [-0.2, -0.15) is 0 Å². The van der Waals surface area contributed by atoms with Crippen molar-refractivity contribution < 1.29 is 4.74 Å². The van der Waals surface area contributed by atoms with Crippen molar-refractivity contribution in [1.82, 2.24) is 0 Å². The first kappa shape index (κ1) is 16.7. The molecule has 0 amide bonds. The minimum atomic E-state index is -0.213. The molecule has 4 heteroatoms. The molecule has 0 saturated heterocycles. The van der Waals surface area contributed by atoms with E-state index in [1.807, 2.05) is 75.4 Å². The third-order valence-corrected chi connectivity index (χ3v) is 2.88.